The van der Waals surface area contributed by atoms with E-state index >= 15 is 0 Å². The van der Waals surface area contributed by atoms with Crippen LogP contribution >= 0.6 is 0 Å². The van der Waals surface area contributed by atoms with E-state index in [4.69, 9.17) is 4.42 Å². The van der Waals surface area contributed by atoms with Crippen molar-refractivity contribution in [2.75, 3.05) is 5.32 Å². The summed E-state index contributed by atoms with van der Waals surface area (Å²) in [5.41, 5.74) is 3.36. The third-order valence-electron chi connectivity index (χ3n) is 3.61. The summed E-state index contributed by atoms with van der Waals surface area (Å²) in [6.45, 7) is 1.98. The molecule has 0 radical (unpaired) electrons. The quantitative estimate of drug-likeness (QED) is 0.715. The summed E-state index contributed by atoms with van der Waals surface area (Å²) in [7, 11) is 0. The van der Waals surface area contributed by atoms with Crippen molar-refractivity contribution in [3.63, 3.8) is 0 Å². The van der Waals surface area contributed by atoms with Gasteiger partial charge >= 0.3 is 6.18 Å². The molecule has 2 aromatic carbocycles. The van der Waals surface area contributed by atoms with E-state index < -0.39 is 24.9 Å². The van der Waals surface area contributed by atoms with Gasteiger partial charge in [-0.05, 0) is 37.3 Å². The Hall–Kier alpha value is -2.83. The van der Waals surface area contributed by atoms with E-state index in [1.54, 1.807) is 18.2 Å². The minimum Gasteiger partial charge on any atom is -0.436 e. The second-order valence-electron chi connectivity index (χ2n) is 5.73. The highest BCUT2D eigenvalue weighted by atomic mass is 19.4. The Balaban J connectivity index is 1.76. The van der Waals surface area contributed by atoms with E-state index in [1.807, 2.05) is 31.2 Å². The van der Waals surface area contributed by atoms with Crippen LogP contribution in [0.3, 0.4) is 0 Å². The van der Waals surface area contributed by atoms with E-state index in [0.717, 1.165) is 11.1 Å². The van der Waals surface area contributed by atoms with Crippen LogP contribution in [0.2, 0.25) is 0 Å². The molecule has 3 aromatic rings. The number of benzene rings is 2. The van der Waals surface area contributed by atoms with Crippen LogP contribution in [0.4, 0.5) is 18.9 Å². The molecule has 0 aliphatic heterocycles. The topological polar surface area (TPSA) is 55.1 Å². The van der Waals surface area contributed by atoms with Gasteiger partial charge in [0.1, 0.15) is 5.52 Å². The summed E-state index contributed by atoms with van der Waals surface area (Å²) >= 11 is 0. The molecule has 0 saturated heterocycles. The van der Waals surface area contributed by atoms with Gasteiger partial charge in [0.15, 0.2) is 5.58 Å². The molecule has 1 amide bonds. The molecule has 0 aliphatic carbocycles. The maximum Gasteiger partial charge on any atom is 0.389 e. The lowest BCUT2D eigenvalue weighted by Gasteiger charge is -2.07. The first-order valence-corrected chi connectivity index (χ1v) is 7.64. The van der Waals surface area contributed by atoms with Crippen LogP contribution < -0.4 is 5.32 Å². The molecule has 0 saturated carbocycles. The number of hydrogen-bond donors (Lipinski definition) is 1. The summed E-state index contributed by atoms with van der Waals surface area (Å²) in [5, 5.41) is 2.44. The van der Waals surface area contributed by atoms with Gasteiger partial charge in [-0.25, -0.2) is 4.98 Å². The highest BCUT2D eigenvalue weighted by molar-refractivity contribution is 5.93. The first-order valence-electron chi connectivity index (χ1n) is 7.64. The number of halogens is 3. The number of nitrogens with one attached hydrogen (secondary N) is 1. The number of carbonyl (C=O) groups excluding carboxylic acids is 1. The number of carbonyl (C=O) groups is 1. The molecule has 0 bridgehead atoms. The number of nitrogens with zero attached hydrogens (tertiary/aromatic N) is 1. The first-order chi connectivity index (χ1) is 11.8. The van der Waals surface area contributed by atoms with Gasteiger partial charge in [-0.3, -0.25) is 4.79 Å². The molecule has 1 aromatic heterocycles. The molecule has 0 aliphatic rings. The average molecular weight is 348 g/mol. The minimum atomic E-state index is -4.35. The lowest BCUT2D eigenvalue weighted by atomic mass is 10.1. The van der Waals surface area contributed by atoms with Crippen molar-refractivity contribution in [3.05, 3.63) is 48.0 Å². The molecule has 1 N–H and O–H groups in total. The minimum absolute atomic E-state index is 0.378. The Morgan fingerprint density at radius 2 is 1.88 bits per heavy atom. The van der Waals surface area contributed by atoms with Crippen LogP contribution in [0.5, 0.6) is 0 Å². The largest absolute Gasteiger partial charge is 0.436 e. The fourth-order valence-corrected chi connectivity index (χ4v) is 2.30. The van der Waals surface area contributed by atoms with Crippen LogP contribution in [-0.2, 0) is 4.79 Å². The highest BCUT2D eigenvalue weighted by Crippen LogP contribution is 2.27. The number of aromatic nitrogens is 1. The molecule has 4 nitrogen and oxygen atoms in total. The summed E-state index contributed by atoms with van der Waals surface area (Å²) in [5.74, 6) is -0.255. The highest BCUT2D eigenvalue weighted by Gasteiger charge is 2.27. The summed E-state index contributed by atoms with van der Waals surface area (Å²) in [4.78, 5) is 16.0. The normalized spacial score (nSPS) is 11.7. The van der Waals surface area contributed by atoms with Crippen LogP contribution in [0, 0.1) is 6.92 Å². The number of oxazole rings is 1. The molecule has 0 spiro atoms. The van der Waals surface area contributed by atoms with Gasteiger partial charge in [0.25, 0.3) is 0 Å². The zero-order chi connectivity index (χ0) is 18.0. The Morgan fingerprint density at radius 3 is 2.56 bits per heavy atom. The smallest absolute Gasteiger partial charge is 0.389 e. The summed E-state index contributed by atoms with van der Waals surface area (Å²) in [6.07, 6.45) is -6.12. The number of fused-ring (bicyclic) bond motifs is 1. The lowest BCUT2D eigenvalue weighted by molar-refractivity contribution is -0.142. The van der Waals surface area contributed by atoms with Crippen LogP contribution in [0.1, 0.15) is 18.4 Å². The molecule has 0 fully saturated rings. The maximum absolute atomic E-state index is 12.1. The Bertz CT molecular complexity index is 899. The molecule has 130 valence electrons. The number of anilines is 1. The fraction of sp³-hybridized carbons (Fsp3) is 0.222. The number of alkyl halides is 3. The second kappa shape index (κ2) is 6.58. The predicted octanol–water partition coefficient (Wildman–Crippen LogP) is 5.08. The molecular formula is C18H15F3N2O2. The van der Waals surface area contributed by atoms with E-state index in [0.29, 0.717) is 22.7 Å². The molecular weight excluding hydrogens is 333 g/mol. The number of amides is 1. The Kier molecular flexibility index (Phi) is 4.48. The van der Waals surface area contributed by atoms with Gasteiger partial charge in [0.05, 0.1) is 6.42 Å². The molecule has 3 rings (SSSR count). The van der Waals surface area contributed by atoms with Crippen LogP contribution in [0.25, 0.3) is 22.6 Å². The lowest BCUT2D eigenvalue weighted by Crippen LogP contribution is -2.16. The van der Waals surface area contributed by atoms with Crippen molar-refractivity contribution in [1.29, 1.82) is 0 Å². The number of rotatable bonds is 4. The predicted molar refractivity (Wildman–Crippen MR) is 88.1 cm³/mol. The van der Waals surface area contributed by atoms with E-state index in [1.165, 1.54) is 0 Å². The third-order valence-corrected chi connectivity index (χ3v) is 3.61. The van der Waals surface area contributed by atoms with Crippen LogP contribution in [0.15, 0.2) is 46.9 Å². The Labute approximate surface area is 141 Å². The summed E-state index contributed by atoms with van der Waals surface area (Å²) < 4.78 is 42.1. The third kappa shape index (κ3) is 4.37. The van der Waals surface area contributed by atoms with Crippen molar-refractivity contribution in [3.8, 4) is 11.5 Å². The number of aryl methyl sites for hydroxylation is 1. The van der Waals surface area contributed by atoms with Crippen molar-refractivity contribution < 1.29 is 22.4 Å². The molecule has 25 heavy (non-hydrogen) atoms. The van der Waals surface area contributed by atoms with Gasteiger partial charge in [-0.2, -0.15) is 13.2 Å². The molecule has 0 unspecified atom stereocenters. The van der Waals surface area contributed by atoms with Gasteiger partial charge in [0, 0.05) is 17.7 Å². The van der Waals surface area contributed by atoms with Gasteiger partial charge in [-0.1, -0.05) is 17.7 Å². The maximum atomic E-state index is 12.1. The van der Waals surface area contributed by atoms with Crippen LogP contribution in [-0.4, -0.2) is 17.1 Å². The second-order valence-corrected chi connectivity index (χ2v) is 5.73. The van der Waals surface area contributed by atoms with Gasteiger partial charge < -0.3 is 9.73 Å². The SMILES string of the molecule is Cc1ccc(-c2nc3cc(NC(=O)CCC(F)(F)F)ccc3o2)cc1. The van der Waals surface area contributed by atoms with Crippen molar-refractivity contribution in [2.24, 2.45) is 0 Å². The molecule has 1 heterocycles. The zero-order valence-corrected chi connectivity index (χ0v) is 13.4. The number of hydrogen-bond acceptors (Lipinski definition) is 3. The van der Waals surface area contributed by atoms with Crippen molar-refractivity contribution >= 4 is 22.7 Å². The van der Waals surface area contributed by atoms with E-state index in [9.17, 15) is 18.0 Å². The standard InChI is InChI=1S/C18H15F3N2O2/c1-11-2-4-12(5-3-11)17-23-14-10-13(6-7-15(14)25-17)22-16(24)8-9-18(19,20)21/h2-7,10H,8-9H2,1H3,(H,22,24). The first kappa shape index (κ1) is 17.0. The fourth-order valence-electron chi connectivity index (χ4n) is 2.30. The average Bonchev–Trinajstić information content (AvgIpc) is 2.96. The summed E-state index contributed by atoms with van der Waals surface area (Å²) in [6, 6.07) is 12.4. The molecule has 7 heteroatoms. The van der Waals surface area contributed by atoms with Gasteiger partial charge in [0.2, 0.25) is 11.8 Å². The Morgan fingerprint density at radius 1 is 1.16 bits per heavy atom. The van der Waals surface area contributed by atoms with Crippen molar-refractivity contribution in [1.82, 2.24) is 4.98 Å². The zero-order valence-electron chi connectivity index (χ0n) is 13.4. The van der Waals surface area contributed by atoms with E-state index in [-0.39, 0.29) is 0 Å². The van der Waals surface area contributed by atoms with Gasteiger partial charge in [-0.15, -0.1) is 0 Å². The molecule has 0 atom stereocenters. The van der Waals surface area contributed by atoms with Crippen molar-refractivity contribution in [2.45, 2.75) is 25.9 Å². The monoisotopic (exact) mass is 348 g/mol. The van der Waals surface area contributed by atoms with E-state index in [2.05, 4.69) is 10.3 Å².